The molecule has 0 bridgehead atoms. The van der Waals surface area contributed by atoms with Gasteiger partial charge < -0.3 is 16.0 Å². The molecule has 1 unspecified atom stereocenters. The van der Waals surface area contributed by atoms with Gasteiger partial charge in [-0.15, -0.1) is 0 Å². The smallest absolute Gasteiger partial charge is 0.234 e. The first kappa shape index (κ1) is 21.1. The monoisotopic (exact) mass is 313 g/mol. The van der Waals surface area contributed by atoms with Gasteiger partial charge in [0.25, 0.3) is 0 Å². The Labute approximate surface area is 136 Å². The van der Waals surface area contributed by atoms with Crippen LogP contribution in [0.4, 0.5) is 0 Å². The van der Waals surface area contributed by atoms with E-state index >= 15 is 0 Å². The quantitative estimate of drug-likeness (QED) is 0.700. The number of hydrogen-bond donors (Lipinski definition) is 3. The second kappa shape index (κ2) is 7.55. The Hall–Kier alpha value is -0.940. The summed E-state index contributed by atoms with van der Waals surface area (Å²) >= 11 is 0. The van der Waals surface area contributed by atoms with Gasteiger partial charge in [-0.1, -0.05) is 20.8 Å². The molecule has 0 aromatic rings. The third kappa shape index (κ3) is 9.90. The molecule has 1 atom stereocenters. The highest BCUT2D eigenvalue weighted by Gasteiger charge is 2.31. The van der Waals surface area contributed by atoms with E-state index in [0.29, 0.717) is 6.54 Å². The SMILES string of the molecule is CC(C)(C)NCC(=O)NC(CNC(C)(C)C)C(=O)C(C)(C)C. The zero-order chi connectivity index (χ0) is 17.8. The van der Waals surface area contributed by atoms with Gasteiger partial charge in [0.05, 0.1) is 6.54 Å². The fourth-order valence-corrected chi connectivity index (χ4v) is 1.73. The summed E-state index contributed by atoms with van der Waals surface area (Å²) in [5.74, 6) is -0.124. The maximum Gasteiger partial charge on any atom is 0.234 e. The Balaban J connectivity index is 4.79. The van der Waals surface area contributed by atoms with Crippen LogP contribution in [0.25, 0.3) is 0 Å². The maximum atomic E-state index is 12.5. The second-order valence-electron chi connectivity index (χ2n) is 8.97. The summed E-state index contributed by atoms with van der Waals surface area (Å²) in [6.45, 7) is 18.4. The molecule has 0 aromatic carbocycles. The molecule has 0 fully saturated rings. The van der Waals surface area contributed by atoms with Crippen LogP contribution in [0.15, 0.2) is 0 Å². The molecule has 5 nitrogen and oxygen atoms in total. The highest BCUT2D eigenvalue weighted by atomic mass is 16.2. The van der Waals surface area contributed by atoms with E-state index in [1.165, 1.54) is 0 Å². The number of rotatable bonds is 6. The van der Waals surface area contributed by atoms with Crippen molar-refractivity contribution < 1.29 is 9.59 Å². The van der Waals surface area contributed by atoms with E-state index in [2.05, 4.69) is 16.0 Å². The summed E-state index contributed by atoms with van der Waals surface area (Å²) in [7, 11) is 0. The predicted molar refractivity (Wildman–Crippen MR) is 91.9 cm³/mol. The van der Waals surface area contributed by atoms with Gasteiger partial charge in [-0.2, -0.15) is 0 Å². The molecule has 0 rings (SSSR count). The summed E-state index contributed by atoms with van der Waals surface area (Å²) in [6, 6.07) is -0.520. The van der Waals surface area contributed by atoms with Crippen molar-refractivity contribution in [3.8, 4) is 0 Å². The van der Waals surface area contributed by atoms with Crippen molar-refractivity contribution in [2.45, 2.75) is 79.4 Å². The van der Waals surface area contributed by atoms with Crippen molar-refractivity contribution in [2.24, 2.45) is 5.41 Å². The van der Waals surface area contributed by atoms with Gasteiger partial charge in [-0.25, -0.2) is 0 Å². The zero-order valence-electron chi connectivity index (χ0n) is 15.8. The first-order valence-corrected chi connectivity index (χ1v) is 7.95. The molecule has 3 N–H and O–H groups in total. The van der Waals surface area contributed by atoms with E-state index in [4.69, 9.17) is 0 Å². The lowest BCUT2D eigenvalue weighted by Crippen LogP contribution is -2.55. The van der Waals surface area contributed by atoms with Crippen LogP contribution < -0.4 is 16.0 Å². The number of ketones is 1. The molecule has 22 heavy (non-hydrogen) atoms. The molecule has 0 aliphatic rings. The number of hydrogen-bond acceptors (Lipinski definition) is 4. The molecule has 0 saturated heterocycles. The fourth-order valence-electron chi connectivity index (χ4n) is 1.73. The lowest BCUT2D eigenvalue weighted by molar-refractivity contribution is -0.132. The molecule has 0 heterocycles. The molecule has 0 aliphatic heterocycles. The molecule has 5 heteroatoms. The van der Waals surface area contributed by atoms with Crippen molar-refractivity contribution in [3.05, 3.63) is 0 Å². The van der Waals surface area contributed by atoms with Crippen molar-refractivity contribution in [1.82, 2.24) is 16.0 Å². The van der Waals surface area contributed by atoms with Gasteiger partial charge in [0, 0.05) is 23.0 Å². The van der Waals surface area contributed by atoms with Gasteiger partial charge in [0.2, 0.25) is 5.91 Å². The molecule has 1 amide bonds. The van der Waals surface area contributed by atoms with Crippen LogP contribution in [0.2, 0.25) is 0 Å². The molecule has 0 spiro atoms. The van der Waals surface area contributed by atoms with E-state index < -0.39 is 11.5 Å². The Bertz CT molecular complexity index is 384. The highest BCUT2D eigenvalue weighted by molar-refractivity contribution is 5.93. The van der Waals surface area contributed by atoms with Crippen molar-refractivity contribution in [2.75, 3.05) is 13.1 Å². The molecular formula is C17H35N3O2. The second-order valence-corrected chi connectivity index (χ2v) is 8.97. The molecular weight excluding hydrogens is 278 g/mol. The zero-order valence-corrected chi connectivity index (χ0v) is 15.8. The van der Waals surface area contributed by atoms with E-state index in [0.717, 1.165) is 0 Å². The van der Waals surface area contributed by atoms with Crippen LogP contribution in [-0.2, 0) is 9.59 Å². The maximum absolute atomic E-state index is 12.5. The topological polar surface area (TPSA) is 70.2 Å². The minimum absolute atomic E-state index is 0.0355. The van der Waals surface area contributed by atoms with Crippen LogP contribution in [0.5, 0.6) is 0 Å². The first-order valence-electron chi connectivity index (χ1n) is 7.95. The number of carbonyl (C=O) groups excluding carboxylic acids is 2. The van der Waals surface area contributed by atoms with Crippen molar-refractivity contribution in [3.63, 3.8) is 0 Å². The average molecular weight is 313 g/mol. The normalized spacial score (nSPS) is 14.6. The van der Waals surface area contributed by atoms with Crippen LogP contribution in [0, 0.1) is 5.41 Å². The average Bonchev–Trinajstić information content (AvgIpc) is 2.27. The third-order valence-electron chi connectivity index (χ3n) is 3.01. The van der Waals surface area contributed by atoms with Crippen LogP contribution in [0.3, 0.4) is 0 Å². The van der Waals surface area contributed by atoms with E-state index in [1.54, 1.807) is 0 Å². The number of Topliss-reactive ketones (excluding diaryl/α,β-unsaturated/α-hetero) is 1. The van der Waals surface area contributed by atoms with Crippen molar-refractivity contribution >= 4 is 11.7 Å². The molecule has 0 saturated carbocycles. The van der Waals surface area contributed by atoms with Gasteiger partial charge in [0.15, 0.2) is 5.78 Å². The molecule has 0 aromatic heterocycles. The standard InChI is InChI=1S/C17H35N3O2/c1-15(2,3)14(22)12(10-18-16(4,5)6)20-13(21)11-19-17(7,8)9/h12,18-19H,10-11H2,1-9H3,(H,20,21). The molecule has 130 valence electrons. The Morgan fingerprint density at radius 1 is 0.818 bits per heavy atom. The Morgan fingerprint density at radius 3 is 1.64 bits per heavy atom. The molecule has 0 aliphatic carbocycles. The summed E-state index contributed by atoms with van der Waals surface area (Å²) in [5.41, 5.74) is -0.732. The first-order chi connectivity index (χ1) is 9.62. The van der Waals surface area contributed by atoms with Crippen LogP contribution in [0.1, 0.15) is 62.3 Å². The van der Waals surface area contributed by atoms with Gasteiger partial charge >= 0.3 is 0 Å². The summed E-state index contributed by atoms with van der Waals surface area (Å²) in [4.78, 5) is 24.6. The van der Waals surface area contributed by atoms with E-state index in [-0.39, 0.29) is 29.3 Å². The summed E-state index contributed by atoms with van der Waals surface area (Å²) < 4.78 is 0. The minimum Gasteiger partial charge on any atom is -0.344 e. The van der Waals surface area contributed by atoms with E-state index in [1.807, 2.05) is 62.3 Å². The van der Waals surface area contributed by atoms with E-state index in [9.17, 15) is 9.59 Å². The lowest BCUT2D eigenvalue weighted by Gasteiger charge is -2.29. The summed E-state index contributed by atoms with van der Waals surface area (Å²) in [6.07, 6.45) is 0. The highest BCUT2D eigenvalue weighted by Crippen LogP contribution is 2.17. The van der Waals surface area contributed by atoms with Gasteiger partial charge in [-0.05, 0) is 41.5 Å². The fraction of sp³-hybridized carbons (Fsp3) is 0.882. The number of carbonyl (C=O) groups is 2. The lowest BCUT2D eigenvalue weighted by atomic mass is 9.86. The van der Waals surface area contributed by atoms with Gasteiger partial charge in [0.1, 0.15) is 6.04 Å². The number of amides is 1. The Kier molecular flexibility index (Phi) is 7.23. The largest absolute Gasteiger partial charge is 0.344 e. The number of nitrogens with one attached hydrogen (secondary N) is 3. The predicted octanol–water partition coefficient (Wildman–Crippen LogP) is 1.86. The minimum atomic E-state index is -0.520. The molecule has 0 radical (unpaired) electrons. The van der Waals surface area contributed by atoms with Crippen LogP contribution in [-0.4, -0.2) is 41.9 Å². The van der Waals surface area contributed by atoms with Crippen LogP contribution >= 0.6 is 0 Å². The summed E-state index contributed by atoms with van der Waals surface area (Å²) in [5, 5.41) is 9.28. The van der Waals surface area contributed by atoms with Gasteiger partial charge in [-0.3, -0.25) is 9.59 Å². The third-order valence-corrected chi connectivity index (χ3v) is 3.01. The van der Waals surface area contributed by atoms with Crippen molar-refractivity contribution in [1.29, 1.82) is 0 Å². The Morgan fingerprint density at radius 2 is 1.27 bits per heavy atom.